The van der Waals surface area contributed by atoms with Crippen LogP contribution in [0.25, 0.3) is 22.2 Å². The third kappa shape index (κ3) is 4.44. The number of fused-ring (bicyclic) bond motifs is 1. The Balaban J connectivity index is 1.26. The zero-order valence-electron chi connectivity index (χ0n) is 20.4. The molecule has 5 heterocycles. The van der Waals surface area contributed by atoms with Crippen molar-refractivity contribution in [3.05, 3.63) is 64.0 Å². The molecule has 38 heavy (non-hydrogen) atoms. The Morgan fingerprint density at radius 1 is 1.18 bits per heavy atom. The molecule has 1 spiro atoms. The van der Waals surface area contributed by atoms with Crippen LogP contribution >= 0.6 is 33.8 Å². The number of rotatable bonds is 5. The van der Waals surface area contributed by atoms with Crippen LogP contribution in [0.1, 0.15) is 30.6 Å². The van der Waals surface area contributed by atoms with Crippen LogP contribution in [0, 0.1) is 16.7 Å². The van der Waals surface area contributed by atoms with Gasteiger partial charge in [-0.05, 0) is 37.6 Å². The van der Waals surface area contributed by atoms with E-state index >= 15 is 0 Å². The molecule has 4 aromatic rings. The quantitative estimate of drug-likeness (QED) is 0.254. The molecule has 6 rings (SSSR count). The SMILES string of the molecule is CC(Oc1ccc2[nH]nc(-c3cnc(N4CC5(CCS(O)(O)C5)C4)c(C#N)c3)c2c1)c1c(Cl)cncc1Cl. The monoisotopic (exact) mass is 570 g/mol. The third-order valence-corrected chi connectivity index (χ3v) is 9.79. The van der Waals surface area contributed by atoms with E-state index in [-0.39, 0.29) is 5.41 Å². The number of aromatic amines is 1. The lowest BCUT2D eigenvalue weighted by Gasteiger charge is -2.49. The molecule has 3 aromatic heterocycles. The van der Waals surface area contributed by atoms with Crippen LogP contribution in [0.4, 0.5) is 5.82 Å². The van der Waals surface area contributed by atoms with Gasteiger partial charge in [0.1, 0.15) is 29.4 Å². The van der Waals surface area contributed by atoms with Crippen LogP contribution in [-0.4, -0.2) is 53.9 Å². The largest absolute Gasteiger partial charge is 0.486 e. The Morgan fingerprint density at radius 3 is 2.63 bits per heavy atom. The van der Waals surface area contributed by atoms with Crippen molar-refractivity contribution >= 4 is 50.5 Å². The summed E-state index contributed by atoms with van der Waals surface area (Å²) in [7, 11) is -2.47. The first-order valence-electron chi connectivity index (χ1n) is 12.0. The van der Waals surface area contributed by atoms with Crippen molar-refractivity contribution in [3.8, 4) is 23.1 Å². The molecule has 0 aliphatic carbocycles. The summed E-state index contributed by atoms with van der Waals surface area (Å²) < 4.78 is 26.3. The summed E-state index contributed by atoms with van der Waals surface area (Å²) in [6.45, 7) is 3.20. The minimum atomic E-state index is -2.47. The minimum Gasteiger partial charge on any atom is -0.486 e. The van der Waals surface area contributed by atoms with Crippen LogP contribution < -0.4 is 9.64 Å². The average molecular weight is 571 g/mol. The molecule has 1 atom stereocenters. The van der Waals surface area contributed by atoms with E-state index in [1.54, 1.807) is 12.3 Å². The molecule has 0 amide bonds. The molecular formula is C26H24Cl2N6O3S. The molecule has 1 unspecified atom stereocenters. The topological polar surface area (TPSA) is 131 Å². The summed E-state index contributed by atoms with van der Waals surface area (Å²) in [5.74, 6) is 2.10. The van der Waals surface area contributed by atoms with Crippen LogP contribution in [0.2, 0.25) is 10.0 Å². The van der Waals surface area contributed by atoms with E-state index in [0.29, 0.717) is 68.6 Å². The fraction of sp³-hybridized carbons (Fsp3) is 0.308. The number of hydrogen-bond donors (Lipinski definition) is 3. The highest BCUT2D eigenvalue weighted by atomic mass is 35.5. The molecule has 9 nitrogen and oxygen atoms in total. The maximum absolute atomic E-state index is 10.1. The average Bonchev–Trinajstić information content (AvgIpc) is 3.43. The highest BCUT2D eigenvalue weighted by Gasteiger charge is 2.51. The normalized spacial score (nSPS) is 19.2. The summed E-state index contributed by atoms with van der Waals surface area (Å²) in [6.07, 6.45) is 5.15. The van der Waals surface area contributed by atoms with Gasteiger partial charge in [-0.3, -0.25) is 19.2 Å². The van der Waals surface area contributed by atoms with E-state index in [4.69, 9.17) is 27.9 Å². The molecule has 196 valence electrons. The first kappa shape index (κ1) is 25.2. The molecule has 3 N–H and O–H groups in total. The summed E-state index contributed by atoms with van der Waals surface area (Å²) >= 11 is 12.6. The van der Waals surface area contributed by atoms with Crippen LogP contribution in [0.3, 0.4) is 0 Å². The van der Waals surface area contributed by atoms with Crippen molar-refractivity contribution in [1.82, 2.24) is 20.2 Å². The van der Waals surface area contributed by atoms with Crippen molar-refractivity contribution in [3.63, 3.8) is 0 Å². The van der Waals surface area contributed by atoms with Crippen LogP contribution in [0.15, 0.2) is 42.9 Å². The number of hydrogen-bond acceptors (Lipinski definition) is 8. The number of nitrogens with zero attached hydrogens (tertiary/aromatic N) is 5. The minimum absolute atomic E-state index is 0.0947. The van der Waals surface area contributed by atoms with Crippen molar-refractivity contribution in [1.29, 1.82) is 5.26 Å². The van der Waals surface area contributed by atoms with E-state index in [1.807, 2.05) is 30.0 Å². The van der Waals surface area contributed by atoms with Crippen LogP contribution in [-0.2, 0) is 0 Å². The zero-order valence-corrected chi connectivity index (χ0v) is 22.7. The lowest BCUT2D eigenvalue weighted by Crippen LogP contribution is -2.57. The van der Waals surface area contributed by atoms with E-state index in [2.05, 4.69) is 26.2 Å². The second-order valence-electron chi connectivity index (χ2n) is 10.0. The van der Waals surface area contributed by atoms with Crippen molar-refractivity contribution in [2.24, 2.45) is 5.41 Å². The molecule has 0 saturated carbocycles. The van der Waals surface area contributed by atoms with Crippen LogP contribution in [0.5, 0.6) is 5.75 Å². The fourth-order valence-corrected chi connectivity index (χ4v) is 8.34. The molecule has 2 saturated heterocycles. The highest BCUT2D eigenvalue weighted by molar-refractivity contribution is 8.24. The van der Waals surface area contributed by atoms with Crippen molar-refractivity contribution in [2.45, 2.75) is 19.4 Å². The maximum atomic E-state index is 10.1. The Labute approximate surface area is 230 Å². The van der Waals surface area contributed by atoms with Gasteiger partial charge in [0.25, 0.3) is 0 Å². The van der Waals surface area contributed by atoms with Gasteiger partial charge in [-0.1, -0.05) is 23.2 Å². The van der Waals surface area contributed by atoms with Crippen molar-refractivity contribution < 1.29 is 13.8 Å². The molecular weight excluding hydrogens is 547 g/mol. The van der Waals surface area contributed by atoms with Gasteiger partial charge in [0.2, 0.25) is 0 Å². The van der Waals surface area contributed by atoms with Gasteiger partial charge in [-0.15, -0.1) is 0 Å². The number of ether oxygens (including phenoxy) is 1. The Bertz CT molecular complexity index is 1580. The summed E-state index contributed by atoms with van der Waals surface area (Å²) in [6, 6.07) is 9.65. The lowest BCUT2D eigenvalue weighted by molar-refractivity contribution is 0.227. The highest BCUT2D eigenvalue weighted by Crippen LogP contribution is 2.57. The standard InChI is InChI=1S/C26H24Cl2N6O3S/c1-15(23-20(27)10-30-11-21(23)28)37-18-2-3-22-19(7-18)24(33-32-22)17-6-16(8-29)25(31-9-17)34-12-26(13-34)4-5-38(35,36)14-26/h2-3,6-7,9-11,15,35-36H,4-5,12-14H2,1H3,(H,32,33). The zero-order chi connectivity index (χ0) is 26.7. The summed E-state index contributed by atoms with van der Waals surface area (Å²) in [5, 5.41) is 19.1. The number of H-pyrrole nitrogens is 1. The predicted octanol–water partition coefficient (Wildman–Crippen LogP) is 6.30. The molecule has 2 fully saturated rings. The van der Waals surface area contributed by atoms with Gasteiger partial charge in [0, 0.05) is 65.1 Å². The second-order valence-corrected chi connectivity index (χ2v) is 13.1. The fourth-order valence-electron chi connectivity index (χ4n) is 5.46. The van der Waals surface area contributed by atoms with Gasteiger partial charge >= 0.3 is 0 Å². The molecule has 2 aliphatic rings. The number of anilines is 1. The number of pyridine rings is 2. The van der Waals surface area contributed by atoms with Gasteiger partial charge in [-0.25, -0.2) is 4.98 Å². The Morgan fingerprint density at radius 2 is 1.95 bits per heavy atom. The third-order valence-electron chi connectivity index (χ3n) is 7.25. The summed E-state index contributed by atoms with van der Waals surface area (Å²) in [5.41, 5.74) is 3.17. The summed E-state index contributed by atoms with van der Waals surface area (Å²) in [4.78, 5) is 10.7. The number of benzene rings is 1. The first-order chi connectivity index (χ1) is 18.2. The molecule has 1 aromatic carbocycles. The number of nitriles is 1. The lowest BCUT2D eigenvalue weighted by atomic mass is 9.79. The number of nitrogens with one attached hydrogen (secondary N) is 1. The van der Waals surface area contributed by atoms with E-state index < -0.39 is 16.7 Å². The van der Waals surface area contributed by atoms with Gasteiger partial charge in [0.15, 0.2) is 0 Å². The van der Waals surface area contributed by atoms with Gasteiger partial charge in [-0.2, -0.15) is 21.0 Å². The number of halogens is 2. The Hall–Kier alpha value is -3.07. The number of aromatic nitrogens is 4. The molecule has 0 radical (unpaired) electrons. The second kappa shape index (κ2) is 9.29. The van der Waals surface area contributed by atoms with E-state index in [0.717, 1.165) is 17.3 Å². The Kier molecular flexibility index (Phi) is 6.17. The van der Waals surface area contributed by atoms with E-state index in [9.17, 15) is 14.4 Å². The predicted molar refractivity (Wildman–Crippen MR) is 149 cm³/mol. The van der Waals surface area contributed by atoms with E-state index in [1.165, 1.54) is 12.4 Å². The maximum Gasteiger partial charge on any atom is 0.146 e. The van der Waals surface area contributed by atoms with Crippen molar-refractivity contribution in [2.75, 3.05) is 29.5 Å². The first-order valence-corrected chi connectivity index (χ1v) is 14.6. The smallest absolute Gasteiger partial charge is 0.146 e. The van der Waals surface area contributed by atoms with Gasteiger partial charge in [0.05, 0.1) is 21.1 Å². The molecule has 0 bridgehead atoms. The van der Waals surface area contributed by atoms with Gasteiger partial charge < -0.3 is 9.64 Å². The molecule has 2 aliphatic heterocycles. The molecule has 12 heteroatoms.